The third-order valence-corrected chi connectivity index (χ3v) is 3.47. The lowest BCUT2D eigenvalue weighted by molar-refractivity contribution is -0.121. The summed E-state index contributed by atoms with van der Waals surface area (Å²) in [6.07, 6.45) is 3.24. The Morgan fingerprint density at radius 3 is 2.16 bits per heavy atom. The minimum Gasteiger partial charge on any atom is -0.388 e. The SMILES string of the molecule is Cc1ccc(/C=C/C(=O)NC(C)(C)C(C)(C)O)cc1. The molecule has 1 amide bonds. The van der Waals surface area contributed by atoms with Crippen molar-refractivity contribution in [3.8, 4) is 0 Å². The van der Waals surface area contributed by atoms with Gasteiger partial charge in [0.05, 0.1) is 11.1 Å². The molecule has 0 aliphatic rings. The third-order valence-electron chi connectivity index (χ3n) is 3.47. The van der Waals surface area contributed by atoms with Crippen molar-refractivity contribution < 1.29 is 9.90 Å². The van der Waals surface area contributed by atoms with E-state index in [1.807, 2.05) is 31.2 Å². The fourth-order valence-electron chi connectivity index (χ4n) is 1.35. The number of carbonyl (C=O) groups is 1. The maximum atomic E-state index is 11.8. The van der Waals surface area contributed by atoms with Crippen molar-refractivity contribution in [3.63, 3.8) is 0 Å². The molecule has 0 aliphatic heterocycles. The number of hydrogen-bond donors (Lipinski definition) is 2. The van der Waals surface area contributed by atoms with Gasteiger partial charge in [-0.3, -0.25) is 4.79 Å². The van der Waals surface area contributed by atoms with Crippen molar-refractivity contribution in [1.29, 1.82) is 0 Å². The quantitative estimate of drug-likeness (QED) is 0.819. The van der Waals surface area contributed by atoms with Crippen LogP contribution in [0.25, 0.3) is 6.08 Å². The average Bonchev–Trinajstić information content (AvgIpc) is 2.26. The van der Waals surface area contributed by atoms with E-state index in [2.05, 4.69) is 5.32 Å². The largest absolute Gasteiger partial charge is 0.388 e. The number of amides is 1. The van der Waals surface area contributed by atoms with Gasteiger partial charge in [-0.1, -0.05) is 29.8 Å². The second-order valence-corrected chi connectivity index (χ2v) is 5.92. The number of hydrogen-bond acceptors (Lipinski definition) is 2. The molecule has 0 bridgehead atoms. The van der Waals surface area contributed by atoms with Gasteiger partial charge < -0.3 is 10.4 Å². The zero-order valence-electron chi connectivity index (χ0n) is 12.3. The van der Waals surface area contributed by atoms with E-state index >= 15 is 0 Å². The summed E-state index contributed by atoms with van der Waals surface area (Å²) < 4.78 is 0. The molecule has 0 aromatic heterocycles. The second kappa shape index (κ2) is 5.57. The van der Waals surface area contributed by atoms with Gasteiger partial charge in [-0.25, -0.2) is 0 Å². The fourth-order valence-corrected chi connectivity index (χ4v) is 1.35. The predicted molar refractivity (Wildman–Crippen MR) is 78.7 cm³/mol. The van der Waals surface area contributed by atoms with Crippen molar-refractivity contribution in [1.82, 2.24) is 5.32 Å². The first kappa shape index (κ1) is 15.4. The van der Waals surface area contributed by atoms with E-state index in [-0.39, 0.29) is 5.91 Å². The molecule has 3 nitrogen and oxygen atoms in total. The van der Waals surface area contributed by atoms with Crippen molar-refractivity contribution in [3.05, 3.63) is 41.5 Å². The minimum atomic E-state index is -0.986. The molecule has 0 saturated carbocycles. The van der Waals surface area contributed by atoms with Crippen LogP contribution in [0.4, 0.5) is 0 Å². The molecular weight excluding hydrogens is 238 g/mol. The van der Waals surface area contributed by atoms with Crippen molar-refractivity contribution in [2.45, 2.75) is 45.8 Å². The molecule has 104 valence electrons. The van der Waals surface area contributed by atoms with Crippen molar-refractivity contribution in [2.24, 2.45) is 0 Å². The lowest BCUT2D eigenvalue weighted by Gasteiger charge is -2.37. The second-order valence-electron chi connectivity index (χ2n) is 5.92. The molecule has 1 aromatic rings. The molecule has 3 heteroatoms. The summed E-state index contributed by atoms with van der Waals surface area (Å²) in [5.74, 6) is -0.215. The normalized spacial score (nSPS) is 12.7. The summed E-state index contributed by atoms with van der Waals surface area (Å²) in [6, 6.07) is 7.91. The maximum Gasteiger partial charge on any atom is 0.244 e. The molecule has 0 saturated heterocycles. The third kappa shape index (κ3) is 4.52. The lowest BCUT2D eigenvalue weighted by atomic mass is 9.86. The Labute approximate surface area is 115 Å². The van der Waals surface area contributed by atoms with Gasteiger partial charge in [0.25, 0.3) is 0 Å². The van der Waals surface area contributed by atoms with Gasteiger partial charge in [-0.05, 0) is 46.3 Å². The molecule has 0 atom stereocenters. The van der Waals surface area contributed by atoms with Gasteiger partial charge >= 0.3 is 0 Å². The predicted octanol–water partition coefficient (Wildman–Crippen LogP) is 2.67. The molecule has 0 radical (unpaired) electrons. The minimum absolute atomic E-state index is 0.215. The van der Waals surface area contributed by atoms with Gasteiger partial charge in [-0.15, -0.1) is 0 Å². The average molecular weight is 261 g/mol. The van der Waals surface area contributed by atoms with Crippen molar-refractivity contribution >= 4 is 12.0 Å². The van der Waals surface area contributed by atoms with Crippen molar-refractivity contribution in [2.75, 3.05) is 0 Å². The highest BCUT2D eigenvalue weighted by Crippen LogP contribution is 2.20. The number of benzene rings is 1. The maximum absolute atomic E-state index is 11.8. The first-order chi connectivity index (χ1) is 8.62. The van der Waals surface area contributed by atoms with Gasteiger partial charge in [0.15, 0.2) is 0 Å². The summed E-state index contributed by atoms with van der Waals surface area (Å²) in [5, 5.41) is 12.8. The summed E-state index contributed by atoms with van der Waals surface area (Å²) in [6.45, 7) is 8.97. The molecule has 0 fully saturated rings. The monoisotopic (exact) mass is 261 g/mol. The molecular formula is C16H23NO2. The Bertz CT molecular complexity index is 465. The van der Waals surface area contributed by atoms with E-state index in [1.165, 1.54) is 11.6 Å². The van der Waals surface area contributed by atoms with Crippen LogP contribution >= 0.6 is 0 Å². The van der Waals surface area contributed by atoms with E-state index in [4.69, 9.17) is 0 Å². The van der Waals surface area contributed by atoms with E-state index in [0.29, 0.717) is 0 Å². The molecule has 1 aromatic carbocycles. The molecule has 0 heterocycles. The van der Waals surface area contributed by atoms with Gasteiger partial charge in [-0.2, -0.15) is 0 Å². The highest BCUT2D eigenvalue weighted by molar-refractivity contribution is 5.92. The number of rotatable bonds is 4. The molecule has 0 aliphatic carbocycles. The number of aliphatic hydroxyl groups is 1. The van der Waals surface area contributed by atoms with E-state index in [0.717, 1.165) is 5.56 Å². The van der Waals surface area contributed by atoms with Crippen LogP contribution in [0.5, 0.6) is 0 Å². The van der Waals surface area contributed by atoms with Gasteiger partial charge in [0.2, 0.25) is 5.91 Å². The van der Waals surface area contributed by atoms with Crippen LogP contribution in [0.1, 0.15) is 38.8 Å². The summed E-state index contributed by atoms with van der Waals surface area (Å²) in [4.78, 5) is 11.8. The summed E-state index contributed by atoms with van der Waals surface area (Å²) in [5.41, 5.74) is 0.480. The number of nitrogens with one attached hydrogen (secondary N) is 1. The lowest BCUT2D eigenvalue weighted by Crippen LogP contribution is -2.57. The van der Waals surface area contributed by atoms with Crippen LogP contribution < -0.4 is 5.32 Å². The fraction of sp³-hybridized carbons (Fsp3) is 0.438. The van der Waals surface area contributed by atoms with Crippen LogP contribution in [0.2, 0.25) is 0 Å². The Morgan fingerprint density at radius 1 is 1.16 bits per heavy atom. The van der Waals surface area contributed by atoms with E-state index in [1.54, 1.807) is 33.8 Å². The number of aryl methyl sites for hydroxylation is 1. The highest BCUT2D eigenvalue weighted by Gasteiger charge is 2.35. The van der Waals surface area contributed by atoms with Crippen LogP contribution in [0, 0.1) is 6.92 Å². The van der Waals surface area contributed by atoms with Crippen LogP contribution in [0.3, 0.4) is 0 Å². The first-order valence-electron chi connectivity index (χ1n) is 6.41. The molecule has 2 N–H and O–H groups in total. The van der Waals surface area contributed by atoms with E-state index < -0.39 is 11.1 Å². The highest BCUT2D eigenvalue weighted by atomic mass is 16.3. The topological polar surface area (TPSA) is 49.3 Å². The summed E-state index contributed by atoms with van der Waals surface area (Å²) in [7, 11) is 0. The number of carbonyl (C=O) groups excluding carboxylic acids is 1. The van der Waals surface area contributed by atoms with Crippen LogP contribution in [0.15, 0.2) is 30.3 Å². The standard InChI is InChI=1S/C16H23NO2/c1-12-6-8-13(9-7-12)10-11-14(18)17-15(2,3)16(4,5)19/h6-11,19H,1-5H3,(H,17,18)/b11-10+. The molecule has 19 heavy (non-hydrogen) atoms. The molecule has 0 unspecified atom stereocenters. The van der Waals surface area contributed by atoms with Gasteiger partial charge in [0.1, 0.15) is 0 Å². The summed E-state index contributed by atoms with van der Waals surface area (Å²) >= 11 is 0. The zero-order valence-corrected chi connectivity index (χ0v) is 12.3. The molecule has 0 spiro atoms. The van der Waals surface area contributed by atoms with Crippen LogP contribution in [-0.4, -0.2) is 22.2 Å². The first-order valence-corrected chi connectivity index (χ1v) is 6.41. The smallest absolute Gasteiger partial charge is 0.244 e. The van der Waals surface area contributed by atoms with Gasteiger partial charge in [0, 0.05) is 6.08 Å². The Morgan fingerprint density at radius 2 is 1.68 bits per heavy atom. The van der Waals surface area contributed by atoms with Crippen LogP contribution in [-0.2, 0) is 4.79 Å². The van der Waals surface area contributed by atoms with E-state index in [9.17, 15) is 9.90 Å². The molecule has 1 rings (SSSR count). The Balaban J connectivity index is 2.68. The zero-order chi connectivity index (χ0) is 14.7. The Hall–Kier alpha value is -1.61. The Kier molecular flexibility index (Phi) is 4.53.